The number of carbonyl (C=O) groups excluding carboxylic acids is 1. The van der Waals surface area contributed by atoms with Crippen LogP contribution in [-0.4, -0.2) is 35.5 Å². The van der Waals surface area contributed by atoms with E-state index in [1.54, 1.807) is 0 Å². The summed E-state index contributed by atoms with van der Waals surface area (Å²) in [5.74, 6) is 0.683. The van der Waals surface area contributed by atoms with Gasteiger partial charge in [0.1, 0.15) is 5.75 Å². The number of hydrogen-bond donors (Lipinski definition) is 1. The second kappa shape index (κ2) is 7.66. The maximum absolute atomic E-state index is 12.4. The van der Waals surface area contributed by atoms with Crippen LogP contribution < -0.4 is 10.5 Å². The van der Waals surface area contributed by atoms with E-state index < -0.39 is 0 Å². The Balaban J connectivity index is 1.65. The summed E-state index contributed by atoms with van der Waals surface area (Å²) in [5.41, 5.74) is 7.35. The van der Waals surface area contributed by atoms with E-state index in [2.05, 4.69) is 4.98 Å². The molecule has 1 aliphatic carbocycles. The molecule has 1 fully saturated rings. The maximum atomic E-state index is 12.4. The molecule has 2 N–H and O–H groups in total. The smallest absolute Gasteiger partial charge is 0.260 e. The van der Waals surface area contributed by atoms with E-state index in [0.717, 1.165) is 24.1 Å². The summed E-state index contributed by atoms with van der Waals surface area (Å²) in [5, 5.41) is 2.42. The monoisotopic (exact) mass is 345 g/mol. The molecule has 0 unspecified atom stereocenters. The lowest BCUT2D eigenvalue weighted by Gasteiger charge is -2.31. The zero-order chi connectivity index (χ0) is 16.9. The van der Waals surface area contributed by atoms with Gasteiger partial charge in [0.15, 0.2) is 11.7 Å². The second-order valence-corrected chi connectivity index (χ2v) is 7.04. The standard InChI is InChI=1S/C18H23N3O2S/c1-21(13-7-3-2-4-8-13)17(22)11-23-16-10-6-5-9-14(16)15-12-24-18(19)20-15/h5-6,9-10,12-13H,2-4,7-8,11H2,1H3,(H2,19,20). The Bertz CT molecular complexity index is 695. The number of thiazole rings is 1. The molecule has 5 nitrogen and oxygen atoms in total. The number of benzene rings is 1. The zero-order valence-corrected chi connectivity index (χ0v) is 14.7. The SMILES string of the molecule is CN(C(=O)COc1ccccc1-c1csc(N)n1)C1CCCCC1. The molecule has 0 atom stereocenters. The van der Waals surface area contributed by atoms with Crippen molar-refractivity contribution in [1.82, 2.24) is 9.88 Å². The summed E-state index contributed by atoms with van der Waals surface area (Å²) in [6.45, 7) is 0.0453. The molecule has 6 heteroatoms. The first-order chi connectivity index (χ1) is 11.6. The van der Waals surface area contributed by atoms with Gasteiger partial charge in [0.2, 0.25) is 0 Å². The van der Waals surface area contributed by atoms with Gasteiger partial charge < -0.3 is 15.4 Å². The molecule has 0 saturated heterocycles. The first kappa shape index (κ1) is 16.8. The molecule has 1 aromatic heterocycles. The molecule has 0 spiro atoms. The van der Waals surface area contributed by atoms with Gasteiger partial charge in [0, 0.05) is 24.0 Å². The lowest BCUT2D eigenvalue weighted by atomic mass is 9.94. The normalized spacial score (nSPS) is 15.2. The summed E-state index contributed by atoms with van der Waals surface area (Å²) in [6, 6.07) is 7.96. The van der Waals surface area contributed by atoms with Gasteiger partial charge in [-0.3, -0.25) is 4.79 Å². The maximum Gasteiger partial charge on any atom is 0.260 e. The number of nitrogen functional groups attached to an aromatic ring is 1. The highest BCUT2D eigenvalue weighted by atomic mass is 32.1. The fourth-order valence-electron chi connectivity index (χ4n) is 3.13. The number of rotatable bonds is 5. The molecule has 1 amide bonds. The molecular weight excluding hydrogens is 322 g/mol. The van der Waals surface area contributed by atoms with Crippen LogP contribution in [0.25, 0.3) is 11.3 Å². The van der Waals surface area contributed by atoms with Gasteiger partial charge in [-0.2, -0.15) is 0 Å². The van der Waals surface area contributed by atoms with Gasteiger partial charge >= 0.3 is 0 Å². The van der Waals surface area contributed by atoms with E-state index >= 15 is 0 Å². The predicted molar refractivity (Wildman–Crippen MR) is 97.1 cm³/mol. The Morgan fingerprint density at radius 3 is 2.79 bits per heavy atom. The van der Waals surface area contributed by atoms with Crippen molar-refractivity contribution in [1.29, 1.82) is 0 Å². The lowest BCUT2D eigenvalue weighted by Crippen LogP contribution is -2.40. The number of amides is 1. The lowest BCUT2D eigenvalue weighted by molar-refractivity contribution is -0.134. The van der Waals surface area contributed by atoms with Crippen molar-refractivity contribution in [3.63, 3.8) is 0 Å². The van der Waals surface area contributed by atoms with E-state index in [1.807, 2.05) is 41.6 Å². The van der Waals surface area contributed by atoms with Gasteiger partial charge in [-0.15, -0.1) is 11.3 Å². The Morgan fingerprint density at radius 1 is 1.33 bits per heavy atom. The third-order valence-electron chi connectivity index (χ3n) is 4.55. The van der Waals surface area contributed by atoms with Crippen LogP contribution in [0.2, 0.25) is 0 Å². The number of nitrogens with two attached hydrogens (primary N) is 1. The molecule has 1 aliphatic rings. The van der Waals surface area contributed by atoms with Crippen molar-refractivity contribution in [2.45, 2.75) is 38.1 Å². The molecule has 0 radical (unpaired) electrons. The molecule has 128 valence electrons. The predicted octanol–water partition coefficient (Wildman–Crippen LogP) is 3.56. The number of aromatic nitrogens is 1. The molecule has 2 aromatic rings. The van der Waals surface area contributed by atoms with E-state index in [0.29, 0.717) is 16.9 Å². The highest BCUT2D eigenvalue weighted by molar-refractivity contribution is 7.13. The number of nitrogens with zero attached hydrogens (tertiary/aromatic N) is 2. The van der Waals surface area contributed by atoms with Crippen LogP contribution in [0.15, 0.2) is 29.6 Å². The van der Waals surface area contributed by atoms with Crippen LogP contribution in [0.1, 0.15) is 32.1 Å². The van der Waals surface area contributed by atoms with Crippen molar-refractivity contribution < 1.29 is 9.53 Å². The van der Waals surface area contributed by atoms with Crippen molar-refractivity contribution in [2.75, 3.05) is 19.4 Å². The molecule has 1 heterocycles. The van der Waals surface area contributed by atoms with Crippen LogP contribution in [0.3, 0.4) is 0 Å². The molecule has 24 heavy (non-hydrogen) atoms. The van der Waals surface area contributed by atoms with E-state index in [4.69, 9.17) is 10.5 Å². The van der Waals surface area contributed by atoms with E-state index in [1.165, 1.54) is 30.6 Å². The Hall–Kier alpha value is -2.08. The van der Waals surface area contributed by atoms with Gasteiger partial charge in [-0.1, -0.05) is 31.4 Å². The van der Waals surface area contributed by atoms with Crippen molar-refractivity contribution in [2.24, 2.45) is 0 Å². The van der Waals surface area contributed by atoms with Crippen LogP contribution >= 0.6 is 11.3 Å². The molecular formula is C18H23N3O2S. The van der Waals surface area contributed by atoms with Crippen molar-refractivity contribution in [3.05, 3.63) is 29.6 Å². The number of anilines is 1. The Labute approximate surface area is 146 Å². The summed E-state index contributed by atoms with van der Waals surface area (Å²) in [6.07, 6.45) is 5.88. The highest BCUT2D eigenvalue weighted by Crippen LogP contribution is 2.31. The minimum Gasteiger partial charge on any atom is -0.483 e. The van der Waals surface area contributed by atoms with Crippen LogP contribution in [0.4, 0.5) is 5.13 Å². The average Bonchev–Trinajstić information content (AvgIpc) is 3.06. The largest absolute Gasteiger partial charge is 0.483 e. The van der Waals surface area contributed by atoms with Gasteiger partial charge in [0.05, 0.1) is 5.69 Å². The number of carbonyl (C=O) groups is 1. The van der Waals surface area contributed by atoms with Gasteiger partial charge in [-0.25, -0.2) is 4.98 Å². The Morgan fingerprint density at radius 2 is 2.08 bits per heavy atom. The fraction of sp³-hybridized carbons (Fsp3) is 0.444. The van der Waals surface area contributed by atoms with Gasteiger partial charge in [-0.05, 0) is 25.0 Å². The van der Waals surface area contributed by atoms with Crippen LogP contribution in [0.5, 0.6) is 5.75 Å². The highest BCUT2D eigenvalue weighted by Gasteiger charge is 2.22. The minimum atomic E-state index is 0.0227. The molecule has 3 rings (SSSR count). The molecule has 1 aromatic carbocycles. The molecule has 0 bridgehead atoms. The number of ether oxygens (including phenoxy) is 1. The fourth-order valence-corrected chi connectivity index (χ4v) is 3.69. The third-order valence-corrected chi connectivity index (χ3v) is 5.23. The van der Waals surface area contributed by atoms with E-state index in [-0.39, 0.29) is 12.5 Å². The Kier molecular flexibility index (Phi) is 5.35. The third kappa shape index (κ3) is 3.87. The number of likely N-dealkylation sites (N-methyl/N-ethyl adjacent to an activating group) is 1. The van der Waals surface area contributed by atoms with E-state index in [9.17, 15) is 4.79 Å². The summed E-state index contributed by atoms with van der Waals surface area (Å²) in [4.78, 5) is 18.6. The topological polar surface area (TPSA) is 68.5 Å². The quantitative estimate of drug-likeness (QED) is 0.899. The molecule has 0 aliphatic heterocycles. The first-order valence-corrected chi connectivity index (χ1v) is 9.22. The first-order valence-electron chi connectivity index (χ1n) is 8.34. The minimum absolute atomic E-state index is 0.0227. The second-order valence-electron chi connectivity index (χ2n) is 6.15. The van der Waals surface area contributed by atoms with Crippen molar-refractivity contribution in [3.8, 4) is 17.0 Å². The molecule has 1 saturated carbocycles. The zero-order valence-electron chi connectivity index (χ0n) is 13.9. The van der Waals surface area contributed by atoms with Crippen LogP contribution in [-0.2, 0) is 4.79 Å². The summed E-state index contributed by atoms with van der Waals surface area (Å²) < 4.78 is 5.81. The summed E-state index contributed by atoms with van der Waals surface area (Å²) >= 11 is 1.39. The number of para-hydroxylation sites is 1. The van der Waals surface area contributed by atoms with Gasteiger partial charge in [0.25, 0.3) is 5.91 Å². The van der Waals surface area contributed by atoms with Crippen molar-refractivity contribution >= 4 is 22.4 Å². The average molecular weight is 345 g/mol. The summed E-state index contributed by atoms with van der Waals surface area (Å²) in [7, 11) is 1.88. The number of hydrogen-bond acceptors (Lipinski definition) is 5. The van der Waals surface area contributed by atoms with Crippen LogP contribution in [0, 0.1) is 0 Å².